The maximum absolute atomic E-state index is 12.7. The van der Waals surface area contributed by atoms with Gasteiger partial charge in [0.1, 0.15) is 10.8 Å². The Morgan fingerprint density at radius 1 is 1.06 bits per heavy atom. The Morgan fingerprint density at radius 3 is 2.22 bits per heavy atom. The van der Waals surface area contributed by atoms with Crippen LogP contribution in [-0.4, -0.2) is 4.99 Å². The maximum Gasteiger partial charge on any atom is 0.123 e. The maximum atomic E-state index is 12.7. The normalized spacial score (nSPS) is 10.1. The van der Waals surface area contributed by atoms with Crippen LogP contribution in [-0.2, 0) is 6.54 Å². The Kier molecular flexibility index (Phi) is 3.89. The van der Waals surface area contributed by atoms with E-state index in [0.29, 0.717) is 11.5 Å². The number of benzene rings is 2. The lowest BCUT2D eigenvalue weighted by atomic mass is 10.2. The van der Waals surface area contributed by atoms with Gasteiger partial charge in [-0.1, -0.05) is 24.4 Å². The summed E-state index contributed by atoms with van der Waals surface area (Å²) in [5.41, 5.74) is 8.36. The summed E-state index contributed by atoms with van der Waals surface area (Å²) in [4.78, 5) is 0.389. The third-order valence-electron chi connectivity index (χ3n) is 2.58. The summed E-state index contributed by atoms with van der Waals surface area (Å²) in [6.07, 6.45) is 0. The Hall–Kier alpha value is -1.94. The monoisotopic (exact) mass is 260 g/mol. The van der Waals surface area contributed by atoms with Crippen molar-refractivity contribution in [2.45, 2.75) is 6.54 Å². The van der Waals surface area contributed by atoms with Crippen molar-refractivity contribution in [3.8, 4) is 0 Å². The second-order valence-electron chi connectivity index (χ2n) is 3.92. The molecule has 2 aromatic carbocycles. The lowest BCUT2D eigenvalue weighted by molar-refractivity contribution is 0.627. The highest BCUT2D eigenvalue weighted by Crippen LogP contribution is 2.11. The molecule has 0 heterocycles. The number of thiocarbonyl (C=S) groups is 1. The van der Waals surface area contributed by atoms with Crippen molar-refractivity contribution in [2.24, 2.45) is 5.73 Å². The minimum atomic E-state index is -0.223. The van der Waals surface area contributed by atoms with Gasteiger partial charge in [-0.3, -0.25) is 0 Å². The molecule has 0 atom stereocenters. The second kappa shape index (κ2) is 5.60. The van der Waals surface area contributed by atoms with E-state index in [4.69, 9.17) is 18.0 Å². The van der Waals surface area contributed by atoms with Crippen LogP contribution in [0.25, 0.3) is 0 Å². The summed E-state index contributed by atoms with van der Waals surface area (Å²) >= 11 is 4.88. The van der Waals surface area contributed by atoms with Crippen LogP contribution in [0.5, 0.6) is 0 Å². The van der Waals surface area contributed by atoms with Gasteiger partial charge in [0, 0.05) is 17.8 Å². The van der Waals surface area contributed by atoms with Gasteiger partial charge in [0.15, 0.2) is 0 Å². The quantitative estimate of drug-likeness (QED) is 0.830. The predicted octanol–water partition coefficient (Wildman–Crippen LogP) is 3.07. The van der Waals surface area contributed by atoms with Gasteiger partial charge < -0.3 is 11.1 Å². The standard InChI is InChI=1S/C14H13FN2S/c15-12-5-1-10(2-6-12)9-17-13-7-3-11(4-8-13)14(16)18/h1-8,17H,9H2,(H2,16,18). The third kappa shape index (κ3) is 3.28. The zero-order valence-electron chi connectivity index (χ0n) is 9.69. The van der Waals surface area contributed by atoms with Crippen molar-refractivity contribution in [3.05, 3.63) is 65.5 Å². The van der Waals surface area contributed by atoms with Gasteiger partial charge in [-0.15, -0.1) is 0 Å². The molecule has 0 unspecified atom stereocenters. The summed E-state index contributed by atoms with van der Waals surface area (Å²) in [5.74, 6) is -0.223. The zero-order valence-corrected chi connectivity index (χ0v) is 10.5. The second-order valence-corrected chi connectivity index (χ2v) is 4.36. The highest BCUT2D eigenvalue weighted by Gasteiger charge is 1.97. The summed E-state index contributed by atoms with van der Waals surface area (Å²) < 4.78 is 12.7. The van der Waals surface area contributed by atoms with Crippen molar-refractivity contribution in [1.29, 1.82) is 0 Å². The molecule has 2 aromatic rings. The number of nitrogens with two attached hydrogens (primary N) is 1. The molecule has 0 aliphatic rings. The van der Waals surface area contributed by atoms with E-state index in [1.807, 2.05) is 24.3 Å². The summed E-state index contributed by atoms with van der Waals surface area (Å²) in [6.45, 7) is 0.646. The Balaban J connectivity index is 1.97. The van der Waals surface area contributed by atoms with E-state index < -0.39 is 0 Å². The van der Waals surface area contributed by atoms with Crippen LogP contribution in [0.4, 0.5) is 10.1 Å². The van der Waals surface area contributed by atoms with Crippen molar-refractivity contribution in [3.63, 3.8) is 0 Å². The number of rotatable bonds is 4. The molecule has 4 heteroatoms. The van der Waals surface area contributed by atoms with Gasteiger partial charge in [-0.05, 0) is 42.0 Å². The number of hydrogen-bond acceptors (Lipinski definition) is 2. The fraction of sp³-hybridized carbons (Fsp3) is 0.0714. The number of hydrogen-bond donors (Lipinski definition) is 2. The summed E-state index contributed by atoms with van der Waals surface area (Å²) in [6, 6.07) is 14.0. The van der Waals surface area contributed by atoms with Crippen LogP contribution in [0.3, 0.4) is 0 Å². The lowest BCUT2D eigenvalue weighted by Gasteiger charge is -2.07. The van der Waals surface area contributed by atoms with Gasteiger partial charge >= 0.3 is 0 Å². The molecule has 0 aliphatic heterocycles. The molecular formula is C14H13FN2S. The molecule has 0 bridgehead atoms. The average Bonchev–Trinajstić information content (AvgIpc) is 2.38. The highest BCUT2D eigenvalue weighted by atomic mass is 32.1. The van der Waals surface area contributed by atoms with Gasteiger partial charge in [-0.2, -0.15) is 0 Å². The smallest absolute Gasteiger partial charge is 0.123 e. The van der Waals surface area contributed by atoms with Crippen LogP contribution in [0, 0.1) is 5.82 Å². The van der Waals surface area contributed by atoms with Crippen molar-refractivity contribution in [2.75, 3.05) is 5.32 Å². The molecule has 92 valence electrons. The fourth-order valence-corrected chi connectivity index (χ4v) is 1.69. The first-order chi connectivity index (χ1) is 8.65. The van der Waals surface area contributed by atoms with Crippen LogP contribution >= 0.6 is 12.2 Å². The molecule has 0 saturated carbocycles. The molecule has 0 fully saturated rings. The molecule has 3 N–H and O–H groups in total. The first kappa shape index (κ1) is 12.5. The molecule has 0 aliphatic carbocycles. The predicted molar refractivity (Wildman–Crippen MR) is 76.1 cm³/mol. The van der Waals surface area contributed by atoms with Crippen LogP contribution in [0.15, 0.2) is 48.5 Å². The molecule has 0 amide bonds. The van der Waals surface area contributed by atoms with E-state index in [1.54, 1.807) is 12.1 Å². The van der Waals surface area contributed by atoms with E-state index in [-0.39, 0.29) is 5.82 Å². The van der Waals surface area contributed by atoms with E-state index in [2.05, 4.69) is 5.32 Å². The van der Waals surface area contributed by atoms with Crippen LogP contribution < -0.4 is 11.1 Å². The summed E-state index contributed by atoms with van der Waals surface area (Å²) in [7, 11) is 0. The molecule has 0 saturated heterocycles. The molecule has 0 radical (unpaired) electrons. The molecule has 18 heavy (non-hydrogen) atoms. The highest BCUT2D eigenvalue weighted by molar-refractivity contribution is 7.80. The molecule has 0 aromatic heterocycles. The van der Waals surface area contributed by atoms with Crippen LogP contribution in [0.1, 0.15) is 11.1 Å². The van der Waals surface area contributed by atoms with Crippen molar-refractivity contribution >= 4 is 22.9 Å². The van der Waals surface area contributed by atoms with Crippen molar-refractivity contribution in [1.82, 2.24) is 0 Å². The third-order valence-corrected chi connectivity index (χ3v) is 2.82. The zero-order chi connectivity index (χ0) is 13.0. The minimum absolute atomic E-state index is 0.223. The summed E-state index contributed by atoms with van der Waals surface area (Å²) in [5, 5.41) is 3.24. The minimum Gasteiger partial charge on any atom is -0.389 e. The fourth-order valence-electron chi connectivity index (χ4n) is 1.56. The molecular weight excluding hydrogens is 247 g/mol. The molecule has 2 rings (SSSR count). The SMILES string of the molecule is NC(=S)c1ccc(NCc2ccc(F)cc2)cc1. The largest absolute Gasteiger partial charge is 0.389 e. The van der Waals surface area contributed by atoms with E-state index in [1.165, 1.54) is 12.1 Å². The Labute approximate surface area is 111 Å². The first-order valence-corrected chi connectivity index (χ1v) is 5.94. The van der Waals surface area contributed by atoms with Gasteiger partial charge in [0.25, 0.3) is 0 Å². The lowest BCUT2D eigenvalue weighted by Crippen LogP contribution is -2.09. The average molecular weight is 260 g/mol. The number of nitrogens with one attached hydrogen (secondary N) is 1. The molecule has 2 nitrogen and oxygen atoms in total. The van der Waals surface area contributed by atoms with E-state index in [9.17, 15) is 4.39 Å². The molecule has 0 spiro atoms. The van der Waals surface area contributed by atoms with Crippen LogP contribution in [0.2, 0.25) is 0 Å². The first-order valence-electron chi connectivity index (χ1n) is 5.53. The van der Waals surface area contributed by atoms with E-state index >= 15 is 0 Å². The number of halogens is 1. The topological polar surface area (TPSA) is 38.0 Å². The van der Waals surface area contributed by atoms with Gasteiger partial charge in [0.05, 0.1) is 0 Å². The van der Waals surface area contributed by atoms with Crippen molar-refractivity contribution < 1.29 is 4.39 Å². The Morgan fingerprint density at radius 2 is 1.67 bits per heavy atom. The number of anilines is 1. The van der Waals surface area contributed by atoms with Gasteiger partial charge in [-0.25, -0.2) is 4.39 Å². The van der Waals surface area contributed by atoms with E-state index in [0.717, 1.165) is 16.8 Å². The Bertz CT molecular complexity index is 535. The van der Waals surface area contributed by atoms with Gasteiger partial charge in [0.2, 0.25) is 0 Å².